The van der Waals surface area contributed by atoms with Gasteiger partial charge < -0.3 is 10.2 Å². The van der Waals surface area contributed by atoms with Crippen molar-refractivity contribution < 1.29 is 9.59 Å². The average molecular weight is 300 g/mol. The molecule has 4 heteroatoms. The van der Waals surface area contributed by atoms with Gasteiger partial charge >= 0.3 is 0 Å². The molecule has 0 atom stereocenters. The monoisotopic (exact) mass is 300 g/mol. The van der Waals surface area contributed by atoms with Crippen LogP contribution in [0.3, 0.4) is 0 Å². The maximum atomic E-state index is 12.1. The second-order valence-electron chi connectivity index (χ2n) is 6.37. The summed E-state index contributed by atoms with van der Waals surface area (Å²) in [6, 6.07) is 7.96. The summed E-state index contributed by atoms with van der Waals surface area (Å²) in [6.07, 6.45) is 7.27. The zero-order valence-electron chi connectivity index (χ0n) is 13.0. The second kappa shape index (κ2) is 6.95. The number of carbonyl (C=O) groups is 2. The van der Waals surface area contributed by atoms with Crippen molar-refractivity contribution in [2.45, 2.75) is 51.5 Å². The summed E-state index contributed by atoms with van der Waals surface area (Å²) in [5, 5.41) is 3.05. The average Bonchev–Trinajstić information content (AvgIpc) is 3.00. The molecule has 1 N–H and O–H groups in total. The molecule has 1 aromatic rings. The van der Waals surface area contributed by atoms with Crippen molar-refractivity contribution in [2.24, 2.45) is 5.92 Å². The van der Waals surface area contributed by atoms with Gasteiger partial charge in [0.1, 0.15) is 0 Å². The molecular weight excluding hydrogens is 276 g/mol. The third-order valence-corrected chi connectivity index (χ3v) is 4.76. The molecule has 1 saturated carbocycles. The number of benzene rings is 1. The van der Waals surface area contributed by atoms with E-state index in [1.165, 1.54) is 19.3 Å². The number of nitrogens with zero attached hydrogens (tertiary/aromatic N) is 1. The SMILES string of the molecule is O=C(NCc1ccc(N2CCCC2=O)cc1)C1CCCCC1. The fraction of sp³-hybridized carbons (Fsp3) is 0.556. The summed E-state index contributed by atoms with van der Waals surface area (Å²) in [4.78, 5) is 25.7. The first-order chi connectivity index (χ1) is 10.7. The first kappa shape index (κ1) is 15.1. The molecule has 118 valence electrons. The lowest BCUT2D eigenvalue weighted by molar-refractivity contribution is -0.126. The largest absolute Gasteiger partial charge is 0.352 e. The zero-order valence-corrected chi connectivity index (χ0v) is 13.0. The maximum absolute atomic E-state index is 12.1. The Kier molecular flexibility index (Phi) is 4.76. The molecular formula is C18H24N2O2. The van der Waals surface area contributed by atoms with Gasteiger partial charge in [0.25, 0.3) is 0 Å². The minimum absolute atomic E-state index is 0.193. The van der Waals surface area contributed by atoms with Gasteiger partial charge in [0.15, 0.2) is 0 Å². The van der Waals surface area contributed by atoms with E-state index in [1.54, 1.807) is 0 Å². The van der Waals surface area contributed by atoms with Gasteiger partial charge in [0.2, 0.25) is 11.8 Å². The van der Waals surface area contributed by atoms with E-state index in [-0.39, 0.29) is 17.7 Å². The Morgan fingerprint density at radius 3 is 2.45 bits per heavy atom. The molecule has 0 spiro atoms. The molecule has 1 aliphatic carbocycles. The van der Waals surface area contributed by atoms with Crippen molar-refractivity contribution in [2.75, 3.05) is 11.4 Å². The first-order valence-corrected chi connectivity index (χ1v) is 8.41. The Bertz CT molecular complexity index is 533. The van der Waals surface area contributed by atoms with E-state index in [9.17, 15) is 9.59 Å². The second-order valence-corrected chi connectivity index (χ2v) is 6.37. The molecule has 1 aliphatic heterocycles. The van der Waals surface area contributed by atoms with E-state index in [0.29, 0.717) is 13.0 Å². The van der Waals surface area contributed by atoms with Crippen LogP contribution in [0.4, 0.5) is 5.69 Å². The van der Waals surface area contributed by atoms with Gasteiger partial charge in [-0.15, -0.1) is 0 Å². The van der Waals surface area contributed by atoms with E-state index in [2.05, 4.69) is 5.32 Å². The van der Waals surface area contributed by atoms with E-state index in [1.807, 2.05) is 29.2 Å². The molecule has 22 heavy (non-hydrogen) atoms. The lowest BCUT2D eigenvalue weighted by atomic mass is 9.88. The maximum Gasteiger partial charge on any atom is 0.227 e. The number of nitrogens with one attached hydrogen (secondary N) is 1. The predicted octanol–water partition coefficient (Wildman–Crippen LogP) is 3.01. The third-order valence-electron chi connectivity index (χ3n) is 4.76. The number of anilines is 1. The molecule has 1 saturated heterocycles. The third kappa shape index (κ3) is 3.49. The van der Waals surface area contributed by atoms with Crippen LogP contribution in [-0.4, -0.2) is 18.4 Å². The summed E-state index contributed by atoms with van der Waals surface area (Å²) in [7, 11) is 0. The highest BCUT2D eigenvalue weighted by molar-refractivity contribution is 5.95. The van der Waals surface area contributed by atoms with Gasteiger partial charge in [-0.05, 0) is 37.0 Å². The normalized spacial score (nSPS) is 19.5. The van der Waals surface area contributed by atoms with Crippen molar-refractivity contribution in [3.8, 4) is 0 Å². The van der Waals surface area contributed by atoms with Crippen molar-refractivity contribution in [1.29, 1.82) is 0 Å². The van der Waals surface area contributed by atoms with Gasteiger partial charge in [0.05, 0.1) is 0 Å². The molecule has 0 unspecified atom stereocenters. The van der Waals surface area contributed by atoms with E-state index < -0.39 is 0 Å². The standard InChI is InChI=1S/C18H24N2O2/c21-17-7-4-12-20(17)16-10-8-14(9-11-16)13-19-18(22)15-5-2-1-3-6-15/h8-11,15H,1-7,12-13H2,(H,19,22). The van der Waals surface area contributed by atoms with Gasteiger partial charge in [-0.1, -0.05) is 31.4 Å². The Labute approximate surface area is 131 Å². The molecule has 0 aromatic heterocycles. The van der Waals surface area contributed by atoms with Crippen molar-refractivity contribution >= 4 is 17.5 Å². The highest BCUT2D eigenvalue weighted by atomic mass is 16.2. The van der Waals surface area contributed by atoms with Crippen LogP contribution in [0.1, 0.15) is 50.5 Å². The highest BCUT2D eigenvalue weighted by Crippen LogP contribution is 2.24. The molecule has 4 nitrogen and oxygen atoms in total. The number of hydrogen-bond donors (Lipinski definition) is 1. The summed E-state index contributed by atoms with van der Waals surface area (Å²) < 4.78 is 0. The van der Waals surface area contributed by atoms with Gasteiger partial charge in [0, 0.05) is 31.1 Å². The lowest BCUT2D eigenvalue weighted by Gasteiger charge is -2.21. The fourth-order valence-corrected chi connectivity index (χ4v) is 3.41. The van der Waals surface area contributed by atoms with Gasteiger partial charge in [-0.3, -0.25) is 9.59 Å². The van der Waals surface area contributed by atoms with Crippen molar-refractivity contribution in [1.82, 2.24) is 5.32 Å². The number of hydrogen-bond acceptors (Lipinski definition) is 2. The summed E-state index contributed by atoms with van der Waals surface area (Å²) in [6.45, 7) is 1.39. The Balaban J connectivity index is 1.52. The van der Waals surface area contributed by atoms with E-state index in [4.69, 9.17) is 0 Å². The van der Waals surface area contributed by atoms with Crippen LogP contribution in [0.15, 0.2) is 24.3 Å². The highest BCUT2D eigenvalue weighted by Gasteiger charge is 2.22. The zero-order chi connectivity index (χ0) is 15.4. The Morgan fingerprint density at radius 2 is 1.82 bits per heavy atom. The minimum atomic E-state index is 0.193. The minimum Gasteiger partial charge on any atom is -0.352 e. The van der Waals surface area contributed by atoms with Crippen LogP contribution in [0.25, 0.3) is 0 Å². The quantitative estimate of drug-likeness (QED) is 0.929. The predicted molar refractivity (Wildman–Crippen MR) is 86.5 cm³/mol. The van der Waals surface area contributed by atoms with E-state index >= 15 is 0 Å². The molecule has 0 bridgehead atoms. The smallest absolute Gasteiger partial charge is 0.227 e. The van der Waals surface area contributed by atoms with Crippen molar-refractivity contribution in [3.63, 3.8) is 0 Å². The van der Waals surface area contributed by atoms with E-state index in [0.717, 1.165) is 37.1 Å². The van der Waals surface area contributed by atoms with Crippen molar-refractivity contribution in [3.05, 3.63) is 29.8 Å². The molecule has 1 aromatic carbocycles. The molecule has 2 aliphatic rings. The summed E-state index contributed by atoms with van der Waals surface area (Å²) in [5.74, 6) is 0.604. The van der Waals surface area contributed by atoms with Crippen LogP contribution in [-0.2, 0) is 16.1 Å². The number of carbonyl (C=O) groups excluding carboxylic acids is 2. The Hall–Kier alpha value is -1.84. The number of rotatable bonds is 4. The van der Waals surface area contributed by atoms with Gasteiger partial charge in [-0.25, -0.2) is 0 Å². The first-order valence-electron chi connectivity index (χ1n) is 8.41. The summed E-state index contributed by atoms with van der Waals surface area (Å²) >= 11 is 0. The molecule has 0 radical (unpaired) electrons. The molecule has 2 fully saturated rings. The van der Waals surface area contributed by atoms with Crippen LogP contribution in [0.5, 0.6) is 0 Å². The lowest BCUT2D eigenvalue weighted by Crippen LogP contribution is -2.31. The molecule has 1 heterocycles. The topological polar surface area (TPSA) is 49.4 Å². The van der Waals surface area contributed by atoms with Gasteiger partial charge in [-0.2, -0.15) is 0 Å². The molecule has 3 rings (SSSR count). The van der Waals surface area contributed by atoms with Crippen LogP contribution >= 0.6 is 0 Å². The van der Waals surface area contributed by atoms with Crippen LogP contribution in [0, 0.1) is 5.92 Å². The summed E-state index contributed by atoms with van der Waals surface area (Å²) in [5.41, 5.74) is 2.05. The fourth-order valence-electron chi connectivity index (χ4n) is 3.41. The molecule has 2 amide bonds. The van der Waals surface area contributed by atoms with Crippen LogP contribution < -0.4 is 10.2 Å². The number of amides is 2. The Morgan fingerprint density at radius 1 is 1.09 bits per heavy atom. The van der Waals surface area contributed by atoms with Crippen LogP contribution in [0.2, 0.25) is 0 Å².